The summed E-state index contributed by atoms with van der Waals surface area (Å²) in [5.41, 5.74) is 1.22. The van der Waals surface area contributed by atoms with Crippen LogP contribution in [-0.2, 0) is 6.42 Å². The summed E-state index contributed by atoms with van der Waals surface area (Å²) in [6.45, 7) is 6.70. The number of rotatable bonds is 9. The molecule has 0 saturated heterocycles. The molecule has 1 aromatic rings. The van der Waals surface area contributed by atoms with Crippen molar-refractivity contribution in [1.29, 1.82) is 0 Å². The van der Waals surface area contributed by atoms with Gasteiger partial charge in [-0.1, -0.05) is 33.6 Å². The number of hydrogen-bond acceptors (Lipinski definition) is 2. The molecule has 0 aromatic carbocycles. The summed E-state index contributed by atoms with van der Waals surface area (Å²) in [5, 5.41) is 8.13. The van der Waals surface area contributed by atoms with E-state index in [-0.39, 0.29) is 0 Å². The van der Waals surface area contributed by atoms with Gasteiger partial charge in [-0.05, 0) is 32.4 Å². The Labute approximate surface area is 112 Å². The molecule has 1 N–H and O–H groups in total. The number of hydrogen-bond donors (Lipinski definition) is 1. The minimum atomic E-state index is 0.558. The molecule has 1 aromatic heterocycles. The van der Waals surface area contributed by atoms with Gasteiger partial charge in [0.05, 0.1) is 11.7 Å². The van der Waals surface area contributed by atoms with Crippen molar-refractivity contribution in [1.82, 2.24) is 15.1 Å². The average Bonchev–Trinajstić information content (AvgIpc) is 2.84. The normalized spacial score (nSPS) is 13.2. The van der Waals surface area contributed by atoms with Gasteiger partial charge in [0.15, 0.2) is 0 Å². The lowest BCUT2D eigenvalue weighted by molar-refractivity contribution is 0.420. The monoisotopic (exact) mass is 251 g/mol. The van der Waals surface area contributed by atoms with E-state index in [0.29, 0.717) is 12.1 Å². The van der Waals surface area contributed by atoms with Crippen LogP contribution in [0, 0.1) is 0 Å². The SMILES string of the molecule is CCCCC(Cc1ccn(C(CC)CC)n1)NC. The average molecular weight is 251 g/mol. The molecule has 0 bridgehead atoms. The molecule has 3 nitrogen and oxygen atoms in total. The van der Waals surface area contributed by atoms with Gasteiger partial charge in [-0.25, -0.2) is 0 Å². The van der Waals surface area contributed by atoms with E-state index >= 15 is 0 Å². The zero-order chi connectivity index (χ0) is 13.4. The van der Waals surface area contributed by atoms with Crippen LogP contribution in [0.1, 0.15) is 64.6 Å². The summed E-state index contributed by atoms with van der Waals surface area (Å²) in [6.07, 6.45) is 9.29. The zero-order valence-corrected chi connectivity index (χ0v) is 12.4. The van der Waals surface area contributed by atoms with Gasteiger partial charge in [0, 0.05) is 18.7 Å². The minimum absolute atomic E-state index is 0.558. The molecule has 0 fully saturated rings. The minimum Gasteiger partial charge on any atom is -0.317 e. The van der Waals surface area contributed by atoms with Crippen LogP contribution in [0.2, 0.25) is 0 Å². The van der Waals surface area contributed by atoms with Crippen LogP contribution in [0.15, 0.2) is 12.3 Å². The van der Waals surface area contributed by atoms with Gasteiger partial charge in [0.25, 0.3) is 0 Å². The second-order valence-electron chi connectivity index (χ2n) is 5.09. The van der Waals surface area contributed by atoms with Gasteiger partial charge in [-0.15, -0.1) is 0 Å². The smallest absolute Gasteiger partial charge is 0.0640 e. The van der Waals surface area contributed by atoms with Gasteiger partial charge in [-0.3, -0.25) is 4.68 Å². The van der Waals surface area contributed by atoms with E-state index in [0.717, 1.165) is 19.3 Å². The lowest BCUT2D eigenvalue weighted by Crippen LogP contribution is -2.27. The van der Waals surface area contributed by atoms with Crippen molar-refractivity contribution < 1.29 is 0 Å². The number of likely N-dealkylation sites (N-methyl/N-ethyl adjacent to an activating group) is 1. The topological polar surface area (TPSA) is 29.9 Å². The first-order valence-electron chi connectivity index (χ1n) is 7.46. The zero-order valence-electron chi connectivity index (χ0n) is 12.4. The summed E-state index contributed by atoms with van der Waals surface area (Å²) < 4.78 is 2.14. The van der Waals surface area contributed by atoms with E-state index in [9.17, 15) is 0 Å². The van der Waals surface area contributed by atoms with E-state index < -0.39 is 0 Å². The Kier molecular flexibility index (Phi) is 7.02. The van der Waals surface area contributed by atoms with E-state index in [1.54, 1.807) is 0 Å². The third-order valence-corrected chi connectivity index (χ3v) is 3.75. The van der Waals surface area contributed by atoms with Gasteiger partial charge in [-0.2, -0.15) is 5.10 Å². The third-order valence-electron chi connectivity index (χ3n) is 3.75. The van der Waals surface area contributed by atoms with Crippen molar-refractivity contribution in [2.24, 2.45) is 0 Å². The Bertz CT molecular complexity index is 315. The molecule has 18 heavy (non-hydrogen) atoms. The highest BCUT2D eigenvalue weighted by atomic mass is 15.3. The molecule has 1 atom stereocenters. The lowest BCUT2D eigenvalue weighted by Gasteiger charge is -2.15. The van der Waals surface area contributed by atoms with Crippen LogP contribution >= 0.6 is 0 Å². The van der Waals surface area contributed by atoms with Crippen molar-refractivity contribution in [3.63, 3.8) is 0 Å². The molecule has 1 heterocycles. The number of unbranched alkanes of at least 4 members (excludes halogenated alkanes) is 1. The third kappa shape index (κ3) is 4.45. The molecule has 0 radical (unpaired) electrons. The first-order chi connectivity index (χ1) is 8.74. The van der Waals surface area contributed by atoms with Crippen molar-refractivity contribution in [2.45, 2.75) is 71.4 Å². The summed E-state index contributed by atoms with van der Waals surface area (Å²) in [6, 6.07) is 3.30. The fourth-order valence-electron chi connectivity index (χ4n) is 2.40. The molecular formula is C15H29N3. The second kappa shape index (κ2) is 8.30. The van der Waals surface area contributed by atoms with Gasteiger partial charge in [0.1, 0.15) is 0 Å². The van der Waals surface area contributed by atoms with Crippen LogP contribution in [0.3, 0.4) is 0 Å². The van der Waals surface area contributed by atoms with Crippen LogP contribution in [0.5, 0.6) is 0 Å². The van der Waals surface area contributed by atoms with Crippen LogP contribution in [0.4, 0.5) is 0 Å². The molecule has 0 amide bonds. The van der Waals surface area contributed by atoms with Crippen LogP contribution in [0.25, 0.3) is 0 Å². The molecule has 0 spiro atoms. The van der Waals surface area contributed by atoms with Crippen LogP contribution in [-0.4, -0.2) is 22.9 Å². The predicted octanol–water partition coefficient (Wildman–Crippen LogP) is 3.56. The summed E-state index contributed by atoms with van der Waals surface area (Å²) in [5.74, 6) is 0. The molecule has 0 saturated carbocycles. The van der Waals surface area contributed by atoms with Gasteiger partial charge < -0.3 is 5.32 Å². The molecule has 1 unspecified atom stereocenters. The predicted molar refractivity (Wildman–Crippen MR) is 77.9 cm³/mol. The first-order valence-corrected chi connectivity index (χ1v) is 7.46. The molecule has 104 valence electrons. The molecule has 0 aliphatic heterocycles. The molecule has 0 aliphatic rings. The van der Waals surface area contributed by atoms with E-state index in [4.69, 9.17) is 5.10 Å². The second-order valence-corrected chi connectivity index (χ2v) is 5.09. The molecule has 1 rings (SSSR count). The molecular weight excluding hydrogens is 222 g/mol. The molecule has 0 aliphatic carbocycles. The highest BCUT2D eigenvalue weighted by Crippen LogP contribution is 2.15. The Hall–Kier alpha value is -0.830. The largest absolute Gasteiger partial charge is 0.317 e. The number of aromatic nitrogens is 2. The Morgan fingerprint density at radius 3 is 2.56 bits per heavy atom. The summed E-state index contributed by atoms with van der Waals surface area (Å²) in [4.78, 5) is 0. The van der Waals surface area contributed by atoms with Gasteiger partial charge in [0.2, 0.25) is 0 Å². The van der Waals surface area contributed by atoms with Crippen LogP contribution < -0.4 is 5.32 Å². The molecule has 3 heteroatoms. The lowest BCUT2D eigenvalue weighted by atomic mass is 10.1. The van der Waals surface area contributed by atoms with Crippen molar-refractivity contribution in [2.75, 3.05) is 7.05 Å². The standard InChI is InChI=1S/C15H29N3/c1-5-8-9-13(16-4)12-14-10-11-18(17-14)15(6-2)7-3/h10-11,13,15-16H,5-9,12H2,1-4H3. The van der Waals surface area contributed by atoms with E-state index in [1.807, 2.05) is 0 Å². The van der Waals surface area contributed by atoms with Crippen molar-refractivity contribution in [3.05, 3.63) is 18.0 Å². The highest BCUT2D eigenvalue weighted by Gasteiger charge is 2.11. The summed E-state index contributed by atoms with van der Waals surface area (Å²) in [7, 11) is 2.05. The quantitative estimate of drug-likeness (QED) is 0.727. The fraction of sp³-hybridized carbons (Fsp3) is 0.800. The highest BCUT2D eigenvalue weighted by molar-refractivity contribution is 5.02. The Morgan fingerprint density at radius 2 is 2.00 bits per heavy atom. The fourth-order valence-corrected chi connectivity index (χ4v) is 2.40. The number of nitrogens with one attached hydrogen (secondary N) is 1. The van der Waals surface area contributed by atoms with Crippen molar-refractivity contribution >= 4 is 0 Å². The maximum absolute atomic E-state index is 4.72. The Morgan fingerprint density at radius 1 is 1.28 bits per heavy atom. The van der Waals surface area contributed by atoms with E-state index in [2.05, 4.69) is 50.1 Å². The van der Waals surface area contributed by atoms with Gasteiger partial charge >= 0.3 is 0 Å². The summed E-state index contributed by atoms with van der Waals surface area (Å²) >= 11 is 0. The van der Waals surface area contributed by atoms with E-state index in [1.165, 1.54) is 25.0 Å². The number of nitrogens with zero attached hydrogens (tertiary/aromatic N) is 2. The van der Waals surface area contributed by atoms with Crippen molar-refractivity contribution in [3.8, 4) is 0 Å². The first kappa shape index (κ1) is 15.2. The Balaban J connectivity index is 2.56. The maximum Gasteiger partial charge on any atom is 0.0640 e. The maximum atomic E-state index is 4.72.